The van der Waals surface area contributed by atoms with Crippen LogP contribution < -0.4 is 5.32 Å². The average Bonchev–Trinajstić information content (AvgIpc) is 2.34. The van der Waals surface area contributed by atoms with E-state index in [4.69, 9.17) is 0 Å². The molecule has 1 N–H and O–H groups in total. The van der Waals surface area contributed by atoms with Crippen LogP contribution in [0.25, 0.3) is 0 Å². The molecule has 0 aromatic carbocycles. The van der Waals surface area contributed by atoms with Crippen LogP contribution in [0, 0.1) is 17.3 Å². The van der Waals surface area contributed by atoms with E-state index in [1.807, 2.05) is 0 Å². The summed E-state index contributed by atoms with van der Waals surface area (Å²) < 4.78 is 0. The van der Waals surface area contributed by atoms with Crippen molar-refractivity contribution in [3.8, 4) is 0 Å². The fourth-order valence-corrected chi connectivity index (χ4v) is 4.07. The summed E-state index contributed by atoms with van der Waals surface area (Å²) in [4.78, 5) is 0. The minimum absolute atomic E-state index is 0. The summed E-state index contributed by atoms with van der Waals surface area (Å²) in [7, 11) is 0. The van der Waals surface area contributed by atoms with E-state index in [-0.39, 0.29) is 12.4 Å². The SMILES string of the molecule is CCC1CC(CCNC2CCCCC2)C1(C)C.Cl. The van der Waals surface area contributed by atoms with E-state index in [9.17, 15) is 0 Å². The van der Waals surface area contributed by atoms with E-state index in [1.165, 1.54) is 57.9 Å². The third-order valence-corrected chi connectivity index (χ3v) is 5.70. The number of hydrogen-bond acceptors (Lipinski definition) is 1. The summed E-state index contributed by atoms with van der Waals surface area (Å²) >= 11 is 0. The van der Waals surface area contributed by atoms with Crippen LogP contribution in [0.2, 0.25) is 0 Å². The molecule has 2 unspecified atom stereocenters. The highest BCUT2D eigenvalue weighted by Gasteiger charge is 2.45. The Labute approximate surface area is 120 Å². The van der Waals surface area contributed by atoms with Crippen LogP contribution in [0.4, 0.5) is 0 Å². The molecule has 0 aliphatic heterocycles. The third-order valence-electron chi connectivity index (χ3n) is 5.70. The molecule has 2 rings (SSSR count). The standard InChI is InChI=1S/C16H31N.ClH/c1-4-13-12-14(16(13,2)3)10-11-17-15-8-6-5-7-9-15;/h13-15,17H,4-12H2,1-3H3;1H. The first-order chi connectivity index (χ1) is 8.14. The Bertz CT molecular complexity index is 233. The first kappa shape index (κ1) is 16.3. The molecule has 108 valence electrons. The monoisotopic (exact) mass is 273 g/mol. The van der Waals surface area contributed by atoms with Gasteiger partial charge in [-0.3, -0.25) is 0 Å². The second-order valence-electron chi connectivity index (χ2n) is 6.94. The zero-order valence-corrected chi connectivity index (χ0v) is 13.3. The smallest absolute Gasteiger partial charge is 0.00670 e. The van der Waals surface area contributed by atoms with Crippen LogP contribution in [-0.4, -0.2) is 12.6 Å². The van der Waals surface area contributed by atoms with Crippen LogP contribution in [0.15, 0.2) is 0 Å². The molecule has 2 aliphatic carbocycles. The van der Waals surface area contributed by atoms with Gasteiger partial charge in [-0.25, -0.2) is 0 Å². The Morgan fingerprint density at radius 1 is 1.06 bits per heavy atom. The minimum atomic E-state index is 0. The third kappa shape index (κ3) is 3.63. The number of rotatable bonds is 5. The van der Waals surface area contributed by atoms with E-state index in [0.717, 1.165) is 17.9 Å². The topological polar surface area (TPSA) is 12.0 Å². The summed E-state index contributed by atoms with van der Waals surface area (Å²) in [6.07, 6.45) is 11.5. The number of nitrogens with one attached hydrogen (secondary N) is 1. The molecule has 2 aliphatic rings. The summed E-state index contributed by atoms with van der Waals surface area (Å²) in [5.41, 5.74) is 0.614. The summed E-state index contributed by atoms with van der Waals surface area (Å²) in [6.45, 7) is 8.57. The molecule has 0 heterocycles. The Morgan fingerprint density at radius 2 is 1.72 bits per heavy atom. The number of halogens is 1. The first-order valence-electron chi connectivity index (χ1n) is 7.88. The predicted octanol–water partition coefficient (Wildman–Crippen LogP) is 4.79. The molecule has 0 saturated heterocycles. The van der Waals surface area contributed by atoms with Crippen molar-refractivity contribution in [1.82, 2.24) is 5.32 Å². The van der Waals surface area contributed by atoms with Crippen LogP contribution in [0.3, 0.4) is 0 Å². The van der Waals surface area contributed by atoms with Crippen LogP contribution in [-0.2, 0) is 0 Å². The van der Waals surface area contributed by atoms with E-state index in [2.05, 4.69) is 26.1 Å². The van der Waals surface area contributed by atoms with E-state index in [1.54, 1.807) is 0 Å². The molecule has 1 nitrogen and oxygen atoms in total. The summed E-state index contributed by atoms with van der Waals surface area (Å²) in [5.74, 6) is 1.96. The molecule has 2 saturated carbocycles. The van der Waals surface area contributed by atoms with Crippen molar-refractivity contribution in [1.29, 1.82) is 0 Å². The van der Waals surface area contributed by atoms with Crippen molar-refractivity contribution >= 4 is 12.4 Å². The minimum Gasteiger partial charge on any atom is -0.314 e. The van der Waals surface area contributed by atoms with Gasteiger partial charge in [0.15, 0.2) is 0 Å². The summed E-state index contributed by atoms with van der Waals surface area (Å²) in [6, 6.07) is 0.842. The second-order valence-corrected chi connectivity index (χ2v) is 6.94. The second kappa shape index (κ2) is 7.14. The molecule has 0 amide bonds. The van der Waals surface area contributed by atoms with Crippen molar-refractivity contribution in [2.45, 2.75) is 78.2 Å². The largest absolute Gasteiger partial charge is 0.314 e. The van der Waals surface area contributed by atoms with Crippen molar-refractivity contribution in [2.75, 3.05) is 6.54 Å². The lowest BCUT2D eigenvalue weighted by atomic mass is 9.53. The van der Waals surface area contributed by atoms with Crippen molar-refractivity contribution in [3.05, 3.63) is 0 Å². The zero-order valence-electron chi connectivity index (χ0n) is 12.5. The molecule has 2 atom stereocenters. The van der Waals surface area contributed by atoms with Crippen LogP contribution >= 0.6 is 12.4 Å². The van der Waals surface area contributed by atoms with Gasteiger partial charge in [0, 0.05) is 6.04 Å². The predicted molar refractivity (Wildman–Crippen MR) is 82.4 cm³/mol. The van der Waals surface area contributed by atoms with Gasteiger partial charge in [-0.2, -0.15) is 0 Å². The highest BCUT2D eigenvalue weighted by atomic mass is 35.5. The molecule has 0 bridgehead atoms. The van der Waals surface area contributed by atoms with Gasteiger partial charge in [0.25, 0.3) is 0 Å². The van der Waals surface area contributed by atoms with Gasteiger partial charge in [-0.05, 0) is 49.5 Å². The van der Waals surface area contributed by atoms with Crippen molar-refractivity contribution in [3.63, 3.8) is 0 Å². The van der Waals surface area contributed by atoms with Gasteiger partial charge >= 0.3 is 0 Å². The highest BCUT2D eigenvalue weighted by molar-refractivity contribution is 5.85. The fourth-order valence-electron chi connectivity index (χ4n) is 4.07. The van der Waals surface area contributed by atoms with E-state index in [0.29, 0.717) is 5.41 Å². The fraction of sp³-hybridized carbons (Fsp3) is 1.00. The average molecular weight is 274 g/mol. The molecular weight excluding hydrogens is 242 g/mol. The van der Waals surface area contributed by atoms with E-state index >= 15 is 0 Å². The first-order valence-corrected chi connectivity index (χ1v) is 7.88. The molecule has 0 radical (unpaired) electrons. The van der Waals surface area contributed by atoms with Crippen molar-refractivity contribution in [2.24, 2.45) is 17.3 Å². The van der Waals surface area contributed by atoms with Crippen LogP contribution in [0.5, 0.6) is 0 Å². The number of hydrogen-bond donors (Lipinski definition) is 1. The molecule has 0 aromatic heterocycles. The normalized spacial score (nSPS) is 31.5. The lowest BCUT2D eigenvalue weighted by Crippen LogP contribution is -2.46. The van der Waals surface area contributed by atoms with Gasteiger partial charge in [0.1, 0.15) is 0 Å². The Morgan fingerprint density at radius 3 is 2.28 bits per heavy atom. The maximum Gasteiger partial charge on any atom is 0.00670 e. The van der Waals surface area contributed by atoms with Gasteiger partial charge in [-0.15, -0.1) is 12.4 Å². The van der Waals surface area contributed by atoms with Crippen molar-refractivity contribution < 1.29 is 0 Å². The molecule has 18 heavy (non-hydrogen) atoms. The molecule has 2 fully saturated rings. The van der Waals surface area contributed by atoms with Gasteiger partial charge in [0.2, 0.25) is 0 Å². The Balaban J connectivity index is 0.00000162. The lowest BCUT2D eigenvalue weighted by Gasteiger charge is -2.52. The molecule has 2 heteroatoms. The maximum atomic E-state index is 3.79. The molecular formula is C16H32ClN. The van der Waals surface area contributed by atoms with Gasteiger partial charge < -0.3 is 5.32 Å². The quantitative estimate of drug-likeness (QED) is 0.759. The lowest BCUT2D eigenvalue weighted by molar-refractivity contribution is -0.0273. The van der Waals surface area contributed by atoms with Gasteiger partial charge in [0.05, 0.1) is 0 Å². The van der Waals surface area contributed by atoms with Gasteiger partial charge in [-0.1, -0.05) is 46.5 Å². The van der Waals surface area contributed by atoms with Crippen LogP contribution in [0.1, 0.15) is 72.1 Å². The molecule has 0 aromatic rings. The van der Waals surface area contributed by atoms with E-state index < -0.39 is 0 Å². The Kier molecular flexibility index (Phi) is 6.47. The maximum absolute atomic E-state index is 3.79. The molecule has 0 spiro atoms. The highest BCUT2D eigenvalue weighted by Crippen LogP contribution is 2.54. The zero-order chi connectivity index (χ0) is 12.3. The Hall–Kier alpha value is 0.250. The summed E-state index contributed by atoms with van der Waals surface area (Å²) in [5, 5.41) is 3.79.